The highest BCUT2D eigenvalue weighted by Gasteiger charge is 2.25. The molecule has 0 aliphatic rings. The van der Waals surface area contributed by atoms with Crippen LogP contribution in [0.3, 0.4) is 0 Å². The summed E-state index contributed by atoms with van der Waals surface area (Å²) in [7, 11) is 0. The number of halogens is 3. The molecular weight excluding hydrogens is 278 g/mol. The maximum atomic E-state index is 13.2. The molecule has 1 aromatic carbocycles. The van der Waals surface area contributed by atoms with Gasteiger partial charge in [-0.05, 0) is 27.9 Å². The average molecular weight is 289 g/mol. The molecule has 0 aliphatic heterocycles. The number of hydrogen-bond donors (Lipinski definition) is 1. The van der Waals surface area contributed by atoms with Crippen LogP contribution in [0.25, 0.3) is 0 Å². The zero-order chi connectivity index (χ0) is 12.0. The highest BCUT2D eigenvalue weighted by atomic mass is 79.9. The Morgan fingerprint density at radius 2 is 2.00 bits per heavy atom. The molecule has 0 aliphatic carbocycles. The van der Waals surface area contributed by atoms with Gasteiger partial charge in [-0.15, -0.1) is 0 Å². The van der Waals surface area contributed by atoms with Gasteiger partial charge < -0.3 is 0 Å². The highest BCUT2D eigenvalue weighted by molar-refractivity contribution is 9.18. The first kappa shape index (κ1) is 13.0. The van der Waals surface area contributed by atoms with Crippen LogP contribution >= 0.6 is 15.9 Å². The third-order valence-electron chi connectivity index (χ3n) is 1.96. The summed E-state index contributed by atoms with van der Waals surface area (Å²) in [6.45, 7) is 0. The Bertz CT molecular complexity index is 377. The lowest BCUT2D eigenvalue weighted by molar-refractivity contribution is 0.0743. The molecule has 1 aromatic rings. The molecule has 0 fully saturated rings. The molecule has 1 rings (SSSR count). The van der Waals surface area contributed by atoms with E-state index in [-0.39, 0.29) is 17.6 Å². The van der Waals surface area contributed by atoms with Crippen molar-refractivity contribution < 1.29 is 8.78 Å². The fourth-order valence-corrected chi connectivity index (χ4v) is 1.27. The number of rotatable bonds is 4. The minimum Gasteiger partial charge on any atom is -0.277 e. The third kappa shape index (κ3) is 5.11. The number of aryl methyl sites for hydroxylation is 1. The molecule has 0 atom stereocenters. The van der Waals surface area contributed by atoms with Crippen LogP contribution in [-0.4, -0.2) is 16.9 Å². The van der Waals surface area contributed by atoms with E-state index >= 15 is 0 Å². The Balaban J connectivity index is 2.51. The summed E-state index contributed by atoms with van der Waals surface area (Å²) in [5.74, 6) is -2.98. The molecule has 0 unspecified atom stereocenters. The van der Waals surface area contributed by atoms with Crippen LogP contribution in [0.2, 0.25) is 0 Å². The molecule has 0 radical (unpaired) electrons. The number of nitrogens with zero attached hydrogens (tertiary/aromatic N) is 1. The average Bonchev–Trinajstić information content (AvgIpc) is 2.26. The molecule has 0 amide bonds. The van der Waals surface area contributed by atoms with Crippen molar-refractivity contribution in [2.24, 2.45) is 4.99 Å². The van der Waals surface area contributed by atoms with Crippen LogP contribution < -0.4 is 0 Å². The second-order valence-electron chi connectivity index (χ2n) is 3.30. The lowest BCUT2D eigenvalue weighted by atomic mass is 10.1. The summed E-state index contributed by atoms with van der Waals surface area (Å²) in [5, 5.41) is 6.86. The molecule has 0 spiro atoms. The normalized spacial score (nSPS) is 11.9. The Kier molecular flexibility index (Phi) is 4.73. The molecule has 2 nitrogen and oxygen atoms in total. The van der Waals surface area contributed by atoms with E-state index in [0.29, 0.717) is 6.21 Å². The Hall–Kier alpha value is -1.10. The summed E-state index contributed by atoms with van der Waals surface area (Å²) in [4.78, 5) is 3.23. The maximum absolute atomic E-state index is 13.2. The van der Waals surface area contributed by atoms with Gasteiger partial charge in [0.15, 0.2) is 4.74 Å². The molecule has 1 N–H and O–H groups in total. The summed E-state index contributed by atoms with van der Waals surface area (Å²) in [6.07, 6.45) is 0.489. The SMILES string of the molecule is N=C(Br)N=CC(F)(F)CCc1ccccc1. The zero-order valence-corrected chi connectivity index (χ0v) is 10.0. The minimum atomic E-state index is -2.98. The number of hydrogen-bond acceptors (Lipinski definition) is 1. The number of alkyl halides is 2. The van der Waals surface area contributed by atoms with Crippen LogP contribution in [0.15, 0.2) is 35.3 Å². The van der Waals surface area contributed by atoms with Crippen molar-refractivity contribution in [3.8, 4) is 0 Å². The smallest absolute Gasteiger partial charge is 0.277 e. The summed E-state index contributed by atoms with van der Waals surface area (Å²) >= 11 is 2.68. The standard InChI is InChI=1S/C11H11BrF2N2/c12-10(15)16-8-11(13,14)7-6-9-4-2-1-3-5-9/h1-5,8,15H,6-7H2. The maximum Gasteiger partial charge on any atom is 0.283 e. The number of aliphatic imine (C=N–C) groups is 1. The van der Waals surface area contributed by atoms with E-state index in [0.717, 1.165) is 5.56 Å². The monoisotopic (exact) mass is 288 g/mol. The lowest BCUT2D eigenvalue weighted by Gasteiger charge is -2.10. The second-order valence-corrected chi connectivity index (χ2v) is 4.05. The van der Waals surface area contributed by atoms with E-state index in [1.54, 1.807) is 12.1 Å². The van der Waals surface area contributed by atoms with E-state index in [2.05, 4.69) is 20.9 Å². The van der Waals surface area contributed by atoms with Crippen LogP contribution in [0.5, 0.6) is 0 Å². The third-order valence-corrected chi connectivity index (χ3v) is 2.16. The first-order chi connectivity index (χ1) is 7.49. The quantitative estimate of drug-likeness (QED) is 0.499. The molecule has 0 aromatic heterocycles. The lowest BCUT2D eigenvalue weighted by Crippen LogP contribution is -2.19. The van der Waals surface area contributed by atoms with E-state index < -0.39 is 5.92 Å². The molecule has 0 heterocycles. The van der Waals surface area contributed by atoms with Crippen LogP contribution in [0.1, 0.15) is 12.0 Å². The van der Waals surface area contributed by atoms with Crippen molar-refractivity contribution in [2.75, 3.05) is 0 Å². The minimum absolute atomic E-state index is 0.287. The number of benzene rings is 1. The number of amidine groups is 1. The zero-order valence-electron chi connectivity index (χ0n) is 8.46. The van der Waals surface area contributed by atoms with Gasteiger partial charge in [-0.25, -0.2) is 13.8 Å². The van der Waals surface area contributed by atoms with Gasteiger partial charge in [0.25, 0.3) is 5.92 Å². The van der Waals surface area contributed by atoms with Gasteiger partial charge in [0.1, 0.15) is 0 Å². The second kappa shape index (κ2) is 5.84. The van der Waals surface area contributed by atoms with Gasteiger partial charge in [-0.3, -0.25) is 5.41 Å². The van der Waals surface area contributed by atoms with Gasteiger partial charge in [0.05, 0.1) is 6.21 Å². The van der Waals surface area contributed by atoms with Gasteiger partial charge in [0, 0.05) is 6.42 Å². The fraction of sp³-hybridized carbons (Fsp3) is 0.273. The van der Waals surface area contributed by atoms with Crippen LogP contribution in [-0.2, 0) is 6.42 Å². The first-order valence-corrected chi connectivity index (χ1v) is 5.50. The summed E-state index contributed by atoms with van der Waals surface area (Å²) < 4.78 is 26.1. The van der Waals surface area contributed by atoms with E-state index in [4.69, 9.17) is 5.41 Å². The largest absolute Gasteiger partial charge is 0.283 e. The number of nitrogens with one attached hydrogen (secondary N) is 1. The van der Waals surface area contributed by atoms with E-state index in [9.17, 15) is 8.78 Å². The van der Waals surface area contributed by atoms with Gasteiger partial charge in [-0.1, -0.05) is 30.3 Å². The molecule has 0 saturated carbocycles. The van der Waals surface area contributed by atoms with Crippen LogP contribution in [0.4, 0.5) is 8.78 Å². The molecule has 86 valence electrons. The Morgan fingerprint density at radius 3 is 2.56 bits per heavy atom. The predicted octanol–water partition coefficient (Wildman–Crippen LogP) is 3.65. The van der Waals surface area contributed by atoms with Crippen molar-refractivity contribution in [1.29, 1.82) is 5.41 Å². The van der Waals surface area contributed by atoms with Crippen molar-refractivity contribution in [3.05, 3.63) is 35.9 Å². The highest BCUT2D eigenvalue weighted by Crippen LogP contribution is 2.19. The van der Waals surface area contributed by atoms with E-state index in [1.165, 1.54) is 0 Å². The van der Waals surface area contributed by atoms with Gasteiger partial charge in [0.2, 0.25) is 0 Å². The molecule has 16 heavy (non-hydrogen) atoms. The topological polar surface area (TPSA) is 36.2 Å². The van der Waals surface area contributed by atoms with Crippen molar-refractivity contribution in [2.45, 2.75) is 18.8 Å². The molecular formula is C11H11BrF2N2. The summed E-state index contributed by atoms with van der Waals surface area (Å²) in [6, 6.07) is 9.08. The Morgan fingerprint density at radius 1 is 1.38 bits per heavy atom. The van der Waals surface area contributed by atoms with Gasteiger partial charge >= 0.3 is 0 Å². The van der Waals surface area contributed by atoms with E-state index in [1.807, 2.05) is 18.2 Å². The van der Waals surface area contributed by atoms with Gasteiger partial charge in [-0.2, -0.15) is 0 Å². The van der Waals surface area contributed by atoms with Crippen LogP contribution in [0, 0.1) is 5.41 Å². The molecule has 5 heteroatoms. The predicted molar refractivity (Wildman–Crippen MR) is 64.9 cm³/mol. The Labute approximate surface area is 101 Å². The molecule has 0 saturated heterocycles. The fourth-order valence-electron chi connectivity index (χ4n) is 1.17. The first-order valence-electron chi connectivity index (χ1n) is 4.71. The van der Waals surface area contributed by atoms with Crippen molar-refractivity contribution >= 4 is 26.9 Å². The van der Waals surface area contributed by atoms with Crippen molar-refractivity contribution in [3.63, 3.8) is 0 Å². The summed E-state index contributed by atoms with van der Waals surface area (Å²) in [5.41, 5.74) is 0.865. The molecule has 0 bridgehead atoms. The van der Waals surface area contributed by atoms with Crippen molar-refractivity contribution in [1.82, 2.24) is 0 Å².